The molecule has 0 aromatic rings. The first-order valence-electron chi connectivity index (χ1n) is 3.47. The molecule has 2 atom stereocenters. The standard InChI is InChI=1S/C8H14N2O/c1-4-5-10-8(3,6-11)7(2)9/h1,6-7,10H,5,9H2,2-3H3. The summed E-state index contributed by atoms with van der Waals surface area (Å²) in [5, 5.41) is 2.87. The summed E-state index contributed by atoms with van der Waals surface area (Å²) in [6.45, 7) is 3.84. The third-order valence-corrected chi connectivity index (χ3v) is 1.76. The van der Waals surface area contributed by atoms with Crippen molar-refractivity contribution in [3.05, 3.63) is 0 Å². The van der Waals surface area contributed by atoms with Crippen LogP contribution in [0.3, 0.4) is 0 Å². The Hall–Kier alpha value is -0.850. The van der Waals surface area contributed by atoms with Gasteiger partial charge in [-0.2, -0.15) is 0 Å². The highest BCUT2D eigenvalue weighted by Crippen LogP contribution is 2.02. The third kappa shape index (κ3) is 2.71. The fourth-order valence-electron chi connectivity index (χ4n) is 0.551. The summed E-state index contributed by atoms with van der Waals surface area (Å²) in [4.78, 5) is 10.6. The van der Waals surface area contributed by atoms with Crippen LogP contribution in [0, 0.1) is 12.3 Å². The molecule has 0 aliphatic heterocycles. The lowest BCUT2D eigenvalue weighted by atomic mass is 9.96. The Morgan fingerprint density at radius 3 is 2.73 bits per heavy atom. The van der Waals surface area contributed by atoms with Crippen molar-refractivity contribution in [1.82, 2.24) is 5.32 Å². The van der Waals surface area contributed by atoms with Crippen molar-refractivity contribution in [3.63, 3.8) is 0 Å². The van der Waals surface area contributed by atoms with Gasteiger partial charge in [-0.15, -0.1) is 6.42 Å². The van der Waals surface area contributed by atoms with Crippen LogP contribution < -0.4 is 11.1 Å². The maximum atomic E-state index is 10.6. The van der Waals surface area contributed by atoms with Crippen LogP contribution >= 0.6 is 0 Å². The number of aldehydes is 1. The molecule has 0 heterocycles. The second-order valence-electron chi connectivity index (χ2n) is 2.75. The summed E-state index contributed by atoms with van der Waals surface area (Å²) >= 11 is 0. The van der Waals surface area contributed by atoms with Crippen LogP contribution in [-0.4, -0.2) is 24.4 Å². The third-order valence-electron chi connectivity index (χ3n) is 1.76. The Morgan fingerprint density at radius 2 is 2.45 bits per heavy atom. The van der Waals surface area contributed by atoms with Crippen LogP contribution in [0.5, 0.6) is 0 Å². The number of hydrogen-bond acceptors (Lipinski definition) is 3. The number of carbonyl (C=O) groups is 1. The quantitative estimate of drug-likeness (QED) is 0.424. The molecule has 0 aromatic heterocycles. The van der Waals surface area contributed by atoms with Gasteiger partial charge in [0.25, 0.3) is 0 Å². The average Bonchev–Trinajstić information content (AvgIpc) is 2.00. The predicted octanol–water partition coefficient (Wildman–Crippen LogP) is -0.486. The largest absolute Gasteiger partial charge is 0.326 e. The minimum Gasteiger partial charge on any atom is -0.326 e. The molecule has 0 radical (unpaired) electrons. The van der Waals surface area contributed by atoms with E-state index in [4.69, 9.17) is 12.2 Å². The first-order valence-corrected chi connectivity index (χ1v) is 3.47. The molecule has 0 spiro atoms. The molecule has 2 unspecified atom stereocenters. The normalized spacial score (nSPS) is 18.0. The van der Waals surface area contributed by atoms with E-state index in [9.17, 15) is 4.79 Å². The number of rotatable bonds is 4. The molecule has 0 aromatic carbocycles. The minimum absolute atomic E-state index is 0.242. The predicted molar refractivity (Wildman–Crippen MR) is 45.0 cm³/mol. The van der Waals surface area contributed by atoms with E-state index in [0.29, 0.717) is 6.54 Å². The van der Waals surface area contributed by atoms with Crippen LogP contribution in [-0.2, 0) is 4.79 Å². The highest BCUT2D eigenvalue weighted by atomic mass is 16.1. The molecule has 0 aliphatic carbocycles. The summed E-state index contributed by atoms with van der Waals surface area (Å²) in [5.41, 5.74) is 4.86. The molecule has 11 heavy (non-hydrogen) atoms. The Balaban J connectivity index is 4.12. The van der Waals surface area contributed by atoms with Gasteiger partial charge in [0.2, 0.25) is 0 Å². The molecule has 0 amide bonds. The zero-order valence-corrected chi connectivity index (χ0v) is 6.92. The smallest absolute Gasteiger partial charge is 0.141 e. The van der Waals surface area contributed by atoms with E-state index in [1.807, 2.05) is 0 Å². The zero-order valence-electron chi connectivity index (χ0n) is 6.92. The first kappa shape index (κ1) is 10.2. The van der Waals surface area contributed by atoms with E-state index >= 15 is 0 Å². The van der Waals surface area contributed by atoms with Crippen molar-refractivity contribution in [2.75, 3.05) is 6.54 Å². The van der Waals surface area contributed by atoms with Gasteiger partial charge in [-0.3, -0.25) is 5.32 Å². The molecule has 0 saturated carbocycles. The Bertz CT molecular complexity index is 171. The number of hydrogen-bond donors (Lipinski definition) is 2. The second-order valence-corrected chi connectivity index (χ2v) is 2.75. The molecule has 3 heteroatoms. The van der Waals surface area contributed by atoms with Crippen LogP contribution in [0.1, 0.15) is 13.8 Å². The highest BCUT2D eigenvalue weighted by Gasteiger charge is 2.26. The average molecular weight is 154 g/mol. The molecule has 0 rings (SSSR count). The van der Waals surface area contributed by atoms with Crippen molar-refractivity contribution < 1.29 is 4.79 Å². The molecular formula is C8H14N2O. The Morgan fingerprint density at radius 1 is 1.91 bits per heavy atom. The number of nitrogens with one attached hydrogen (secondary N) is 1. The monoisotopic (exact) mass is 154 g/mol. The fraction of sp³-hybridized carbons (Fsp3) is 0.625. The van der Waals surface area contributed by atoms with Gasteiger partial charge in [-0.25, -0.2) is 0 Å². The van der Waals surface area contributed by atoms with Gasteiger partial charge >= 0.3 is 0 Å². The van der Waals surface area contributed by atoms with Crippen molar-refractivity contribution >= 4 is 6.29 Å². The first-order chi connectivity index (χ1) is 5.06. The van der Waals surface area contributed by atoms with Gasteiger partial charge in [0.1, 0.15) is 6.29 Å². The van der Waals surface area contributed by atoms with Crippen molar-refractivity contribution in [2.45, 2.75) is 25.4 Å². The fourth-order valence-corrected chi connectivity index (χ4v) is 0.551. The van der Waals surface area contributed by atoms with E-state index in [1.165, 1.54) is 0 Å². The van der Waals surface area contributed by atoms with E-state index in [1.54, 1.807) is 13.8 Å². The zero-order chi connectivity index (χ0) is 8.91. The van der Waals surface area contributed by atoms with Crippen LogP contribution in [0.4, 0.5) is 0 Å². The topological polar surface area (TPSA) is 55.1 Å². The van der Waals surface area contributed by atoms with Crippen LogP contribution in [0.15, 0.2) is 0 Å². The maximum absolute atomic E-state index is 10.6. The maximum Gasteiger partial charge on any atom is 0.141 e. The van der Waals surface area contributed by atoms with Gasteiger partial charge < -0.3 is 10.5 Å². The van der Waals surface area contributed by atoms with E-state index < -0.39 is 5.54 Å². The van der Waals surface area contributed by atoms with Crippen molar-refractivity contribution in [3.8, 4) is 12.3 Å². The summed E-state index contributed by atoms with van der Waals surface area (Å²) in [6.07, 6.45) is 5.81. The summed E-state index contributed by atoms with van der Waals surface area (Å²) < 4.78 is 0. The lowest BCUT2D eigenvalue weighted by Gasteiger charge is -2.27. The van der Waals surface area contributed by atoms with E-state index in [0.717, 1.165) is 6.29 Å². The van der Waals surface area contributed by atoms with Gasteiger partial charge in [0, 0.05) is 6.04 Å². The van der Waals surface area contributed by atoms with Crippen LogP contribution in [0.25, 0.3) is 0 Å². The Kier molecular flexibility index (Phi) is 3.80. The second kappa shape index (κ2) is 4.12. The molecule has 0 fully saturated rings. The number of terminal acetylenes is 1. The molecule has 3 N–H and O–H groups in total. The molecule has 0 saturated heterocycles. The lowest BCUT2D eigenvalue weighted by Crippen LogP contribution is -2.56. The molecular weight excluding hydrogens is 140 g/mol. The van der Waals surface area contributed by atoms with Gasteiger partial charge in [0.05, 0.1) is 12.1 Å². The number of nitrogens with two attached hydrogens (primary N) is 1. The van der Waals surface area contributed by atoms with E-state index in [-0.39, 0.29) is 6.04 Å². The van der Waals surface area contributed by atoms with Crippen LogP contribution in [0.2, 0.25) is 0 Å². The van der Waals surface area contributed by atoms with E-state index in [2.05, 4.69) is 11.2 Å². The highest BCUT2D eigenvalue weighted by molar-refractivity contribution is 5.64. The molecule has 3 nitrogen and oxygen atoms in total. The van der Waals surface area contributed by atoms with Gasteiger partial charge in [-0.05, 0) is 13.8 Å². The van der Waals surface area contributed by atoms with Gasteiger partial charge in [-0.1, -0.05) is 5.92 Å². The number of carbonyl (C=O) groups excluding carboxylic acids is 1. The molecule has 62 valence electrons. The van der Waals surface area contributed by atoms with Gasteiger partial charge in [0.15, 0.2) is 0 Å². The molecule has 0 aliphatic rings. The molecule has 0 bridgehead atoms. The minimum atomic E-state index is -0.702. The summed E-state index contributed by atoms with van der Waals surface area (Å²) in [6, 6.07) is -0.242. The lowest BCUT2D eigenvalue weighted by molar-refractivity contribution is -0.113. The Labute approximate surface area is 67.3 Å². The SMILES string of the molecule is C#CCNC(C)(C=O)C(C)N. The summed E-state index contributed by atoms with van der Waals surface area (Å²) in [5.74, 6) is 2.39. The van der Waals surface area contributed by atoms with Crippen molar-refractivity contribution in [2.24, 2.45) is 5.73 Å². The summed E-state index contributed by atoms with van der Waals surface area (Å²) in [7, 11) is 0. The van der Waals surface area contributed by atoms with Crippen molar-refractivity contribution in [1.29, 1.82) is 0 Å².